The van der Waals surface area contributed by atoms with E-state index < -0.39 is 0 Å². The van der Waals surface area contributed by atoms with E-state index in [4.69, 9.17) is 0 Å². The van der Waals surface area contributed by atoms with Crippen LogP contribution in [0.5, 0.6) is 0 Å². The summed E-state index contributed by atoms with van der Waals surface area (Å²) >= 11 is 1.87. The van der Waals surface area contributed by atoms with Gasteiger partial charge in [0.05, 0.1) is 12.2 Å². The van der Waals surface area contributed by atoms with Crippen LogP contribution >= 0.6 is 11.3 Å². The Kier molecular flexibility index (Phi) is 3.43. The van der Waals surface area contributed by atoms with Crippen LogP contribution in [0.3, 0.4) is 0 Å². The lowest BCUT2D eigenvalue weighted by molar-refractivity contribution is 0.214. The van der Waals surface area contributed by atoms with Gasteiger partial charge in [-0.1, -0.05) is 0 Å². The maximum atomic E-state index is 4.68. The average Bonchev–Trinajstić information content (AvgIpc) is 2.74. The minimum Gasteiger partial charge on any atom is -0.299 e. The molecule has 2 aliphatic rings. The van der Waals surface area contributed by atoms with Crippen LogP contribution in [0.25, 0.3) is 0 Å². The van der Waals surface area contributed by atoms with E-state index in [1.165, 1.54) is 47.9 Å². The standard InChI is InChI=1S/C14H23N3S/c1-10-11(2)18-14(15-10)9-17-7-6-12-4-5-13(8-17)16(12)3/h12-13H,4-9H2,1-3H3. The molecule has 0 N–H and O–H groups in total. The van der Waals surface area contributed by atoms with Gasteiger partial charge in [-0.2, -0.15) is 0 Å². The second-order valence-electron chi connectivity index (χ2n) is 5.82. The Bertz CT molecular complexity index is 409. The number of likely N-dealkylation sites (tertiary alicyclic amines) is 1. The van der Waals surface area contributed by atoms with E-state index in [1.807, 2.05) is 11.3 Å². The normalized spacial score (nSPS) is 29.7. The van der Waals surface area contributed by atoms with Crippen molar-refractivity contribution in [2.45, 2.75) is 51.7 Å². The Morgan fingerprint density at radius 3 is 2.72 bits per heavy atom. The van der Waals surface area contributed by atoms with Crippen LogP contribution in [0.4, 0.5) is 0 Å². The van der Waals surface area contributed by atoms with Crippen molar-refractivity contribution in [3.63, 3.8) is 0 Å². The molecule has 2 saturated heterocycles. The van der Waals surface area contributed by atoms with E-state index in [1.54, 1.807) is 0 Å². The minimum atomic E-state index is 0.777. The van der Waals surface area contributed by atoms with Crippen LogP contribution in [-0.4, -0.2) is 47.0 Å². The molecule has 0 saturated carbocycles. The molecule has 2 unspecified atom stereocenters. The van der Waals surface area contributed by atoms with Crippen LogP contribution < -0.4 is 0 Å². The first-order valence-electron chi connectivity index (χ1n) is 7.00. The predicted molar refractivity (Wildman–Crippen MR) is 76.1 cm³/mol. The lowest BCUT2D eigenvalue weighted by Gasteiger charge is -2.24. The molecular weight excluding hydrogens is 242 g/mol. The molecule has 0 spiro atoms. The molecule has 2 fully saturated rings. The second-order valence-corrected chi connectivity index (χ2v) is 7.11. The summed E-state index contributed by atoms with van der Waals surface area (Å²) in [6.45, 7) is 7.81. The van der Waals surface area contributed by atoms with Gasteiger partial charge in [0, 0.05) is 30.1 Å². The van der Waals surface area contributed by atoms with E-state index in [2.05, 4.69) is 35.7 Å². The number of rotatable bonds is 2. The van der Waals surface area contributed by atoms with Crippen LogP contribution in [0.1, 0.15) is 34.8 Å². The fraction of sp³-hybridized carbons (Fsp3) is 0.786. The molecule has 4 heteroatoms. The molecule has 1 aromatic rings. The van der Waals surface area contributed by atoms with Gasteiger partial charge in [-0.3, -0.25) is 9.80 Å². The van der Waals surface area contributed by atoms with Gasteiger partial charge in [-0.25, -0.2) is 4.98 Å². The summed E-state index contributed by atoms with van der Waals surface area (Å²) in [7, 11) is 2.31. The number of fused-ring (bicyclic) bond motifs is 2. The molecule has 0 amide bonds. The third-order valence-electron chi connectivity index (χ3n) is 4.66. The summed E-state index contributed by atoms with van der Waals surface area (Å²) in [4.78, 5) is 11.3. The van der Waals surface area contributed by atoms with Gasteiger partial charge in [-0.05, 0) is 40.2 Å². The molecule has 18 heavy (non-hydrogen) atoms. The Morgan fingerprint density at radius 1 is 1.22 bits per heavy atom. The molecule has 3 rings (SSSR count). The molecule has 0 radical (unpaired) electrons. The molecule has 2 aliphatic heterocycles. The number of aromatic nitrogens is 1. The number of aryl methyl sites for hydroxylation is 2. The smallest absolute Gasteiger partial charge is 0.107 e. The molecule has 1 aromatic heterocycles. The van der Waals surface area contributed by atoms with Crippen molar-refractivity contribution in [1.82, 2.24) is 14.8 Å². The molecule has 3 nitrogen and oxygen atoms in total. The minimum absolute atomic E-state index is 0.777. The van der Waals surface area contributed by atoms with Crippen LogP contribution in [0.2, 0.25) is 0 Å². The largest absolute Gasteiger partial charge is 0.299 e. The topological polar surface area (TPSA) is 19.4 Å². The average molecular weight is 265 g/mol. The van der Waals surface area contributed by atoms with Gasteiger partial charge in [0.25, 0.3) is 0 Å². The fourth-order valence-corrected chi connectivity index (χ4v) is 4.30. The summed E-state index contributed by atoms with van der Waals surface area (Å²) in [5.74, 6) is 0. The Balaban J connectivity index is 1.67. The molecule has 0 aliphatic carbocycles. The fourth-order valence-electron chi connectivity index (χ4n) is 3.32. The van der Waals surface area contributed by atoms with E-state index >= 15 is 0 Å². The van der Waals surface area contributed by atoms with Crippen LogP contribution in [0.15, 0.2) is 0 Å². The van der Waals surface area contributed by atoms with Crippen molar-refractivity contribution < 1.29 is 0 Å². The highest BCUT2D eigenvalue weighted by Gasteiger charge is 2.34. The zero-order chi connectivity index (χ0) is 12.7. The second kappa shape index (κ2) is 4.91. The molecule has 2 bridgehead atoms. The maximum absolute atomic E-state index is 4.68. The summed E-state index contributed by atoms with van der Waals surface area (Å²) in [5.41, 5.74) is 1.21. The van der Waals surface area contributed by atoms with E-state index in [0.29, 0.717) is 0 Å². The number of thiazole rings is 1. The van der Waals surface area contributed by atoms with Crippen molar-refractivity contribution in [1.29, 1.82) is 0 Å². The third-order valence-corrected chi connectivity index (χ3v) is 5.72. The molecule has 100 valence electrons. The van der Waals surface area contributed by atoms with E-state index in [9.17, 15) is 0 Å². The van der Waals surface area contributed by atoms with Gasteiger partial charge >= 0.3 is 0 Å². The van der Waals surface area contributed by atoms with Crippen molar-refractivity contribution >= 4 is 11.3 Å². The summed E-state index contributed by atoms with van der Waals surface area (Å²) < 4.78 is 0. The number of nitrogens with zero attached hydrogens (tertiary/aromatic N) is 3. The van der Waals surface area contributed by atoms with Gasteiger partial charge in [0.2, 0.25) is 0 Å². The first kappa shape index (κ1) is 12.6. The molecule has 0 aromatic carbocycles. The first-order valence-corrected chi connectivity index (χ1v) is 7.82. The quantitative estimate of drug-likeness (QED) is 0.819. The summed E-state index contributed by atoms with van der Waals surface area (Å²) in [6.07, 6.45) is 4.12. The lowest BCUT2D eigenvalue weighted by atomic mass is 10.1. The number of hydrogen-bond donors (Lipinski definition) is 0. The highest BCUT2D eigenvalue weighted by Crippen LogP contribution is 2.29. The summed E-state index contributed by atoms with van der Waals surface area (Å²) in [5, 5.41) is 1.30. The monoisotopic (exact) mass is 265 g/mol. The van der Waals surface area contributed by atoms with E-state index in [-0.39, 0.29) is 0 Å². The highest BCUT2D eigenvalue weighted by atomic mass is 32.1. The third kappa shape index (κ3) is 2.33. The summed E-state index contributed by atoms with van der Waals surface area (Å²) in [6, 6.07) is 1.61. The molecule has 2 atom stereocenters. The molecule has 3 heterocycles. The lowest BCUT2D eigenvalue weighted by Crippen LogP contribution is -2.36. The van der Waals surface area contributed by atoms with Crippen molar-refractivity contribution in [3.05, 3.63) is 15.6 Å². The highest BCUT2D eigenvalue weighted by molar-refractivity contribution is 7.11. The Labute approximate surface area is 114 Å². The van der Waals surface area contributed by atoms with Gasteiger partial charge in [0.15, 0.2) is 0 Å². The first-order chi connectivity index (χ1) is 8.63. The van der Waals surface area contributed by atoms with Gasteiger partial charge in [0.1, 0.15) is 5.01 Å². The van der Waals surface area contributed by atoms with Crippen molar-refractivity contribution in [2.75, 3.05) is 20.1 Å². The van der Waals surface area contributed by atoms with Crippen LogP contribution in [-0.2, 0) is 6.54 Å². The molecular formula is C14H23N3S. The zero-order valence-corrected chi connectivity index (χ0v) is 12.5. The zero-order valence-electron chi connectivity index (χ0n) is 11.6. The van der Waals surface area contributed by atoms with Crippen molar-refractivity contribution in [2.24, 2.45) is 0 Å². The van der Waals surface area contributed by atoms with Gasteiger partial charge < -0.3 is 0 Å². The van der Waals surface area contributed by atoms with E-state index in [0.717, 1.165) is 18.6 Å². The van der Waals surface area contributed by atoms with Crippen LogP contribution in [0, 0.1) is 13.8 Å². The predicted octanol–water partition coefficient (Wildman–Crippen LogP) is 2.43. The number of hydrogen-bond acceptors (Lipinski definition) is 4. The van der Waals surface area contributed by atoms with Crippen molar-refractivity contribution in [3.8, 4) is 0 Å². The van der Waals surface area contributed by atoms with Gasteiger partial charge in [-0.15, -0.1) is 11.3 Å². The Hall–Kier alpha value is -0.450. The Morgan fingerprint density at radius 2 is 2.00 bits per heavy atom. The number of likely N-dealkylation sites (N-methyl/N-ethyl adjacent to an activating group) is 1. The SMILES string of the molecule is Cc1nc(CN2CCC3CCC(C2)N3C)sc1C. The maximum Gasteiger partial charge on any atom is 0.107 e.